The summed E-state index contributed by atoms with van der Waals surface area (Å²) in [5.41, 5.74) is 1.27. The number of piperidine rings is 1. The van der Waals surface area contributed by atoms with E-state index in [0.717, 1.165) is 24.6 Å². The van der Waals surface area contributed by atoms with E-state index in [0.29, 0.717) is 18.0 Å². The average Bonchev–Trinajstić information content (AvgIpc) is 2.49. The van der Waals surface area contributed by atoms with Crippen LogP contribution in [0.3, 0.4) is 0 Å². The molecule has 1 saturated heterocycles. The number of benzene rings is 1. The molecule has 1 atom stereocenters. The molecule has 1 aromatic carbocycles. The molecular weight excluding hydrogens is 396 g/mol. The van der Waals surface area contributed by atoms with Gasteiger partial charge in [-0.15, -0.1) is 24.0 Å². The third-order valence-corrected chi connectivity index (χ3v) is 3.90. The normalized spacial score (nSPS) is 18.8. The van der Waals surface area contributed by atoms with Crippen molar-refractivity contribution < 1.29 is 9.50 Å². The molecule has 2 N–H and O–H groups in total. The summed E-state index contributed by atoms with van der Waals surface area (Å²) in [6, 6.07) is 4.82. The minimum atomic E-state index is -0.365. The fraction of sp³-hybridized carbons (Fsp3) is 0.562. The number of nitrogens with one attached hydrogen (secondary N) is 1. The third kappa shape index (κ3) is 5.08. The summed E-state index contributed by atoms with van der Waals surface area (Å²) in [7, 11) is 1.78. The van der Waals surface area contributed by atoms with Crippen LogP contribution in [-0.4, -0.2) is 36.1 Å². The lowest BCUT2D eigenvalue weighted by Gasteiger charge is -2.33. The molecule has 1 aliphatic rings. The molecule has 0 radical (unpaired) electrons. The van der Waals surface area contributed by atoms with Crippen LogP contribution >= 0.6 is 24.0 Å². The Morgan fingerprint density at radius 1 is 1.50 bits per heavy atom. The van der Waals surface area contributed by atoms with Crippen molar-refractivity contribution in [2.24, 2.45) is 10.9 Å². The van der Waals surface area contributed by atoms with Crippen LogP contribution in [0.4, 0.5) is 4.39 Å². The number of hydrogen-bond acceptors (Lipinski definition) is 2. The summed E-state index contributed by atoms with van der Waals surface area (Å²) in [6.07, 6.45) is 2.46. The van der Waals surface area contributed by atoms with Crippen LogP contribution in [-0.2, 0) is 13.2 Å². The summed E-state index contributed by atoms with van der Waals surface area (Å²) in [5, 5.41) is 12.4. The lowest BCUT2D eigenvalue weighted by atomic mass is 10.0. The van der Waals surface area contributed by atoms with Crippen molar-refractivity contribution in [2.75, 3.05) is 20.1 Å². The molecule has 0 aliphatic carbocycles. The molecule has 4 nitrogen and oxygen atoms in total. The van der Waals surface area contributed by atoms with Crippen LogP contribution in [0.2, 0.25) is 0 Å². The third-order valence-electron chi connectivity index (χ3n) is 3.90. The Morgan fingerprint density at radius 2 is 2.27 bits per heavy atom. The highest BCUT2D eigenvalue weighted by Crippen LogP contribution is 2.16. The van der Waals surface area contributed by atoms with Gasteiger partial charge in [0, 0.05) is 32.2 Å². The second-order valence-electron chi connectivity index (χ2n) is 5.68. The van der Waals surface area contributed by atoms with E-state index in [1.807, 2.05) is 0 Å². The first-order valence-electron chi connectivity index (χ1n) is 7.47. The fourth-order valence-electron chi connectivity index (χ4n) is 2.75. The lowest BCUT2D eigenvalue weighted by Crippen LogP contribution is -2.45. The topological polar surface area (TPSA) is 47.9 Å². The molecule has 1 heterocycles. The van der Waals surface area contributed by atoms with Gasteiger partial charge in [0.05, 0.1) is 6.61 Å². The summed E-state index contributed by atoms with van der Waals surface area (Å²) >= 11 is 0. The van der Waals surface area contributed by atoms with Gasteiger partial charge in [0.2, 0.25) is 0 Å². The van der Waals surface area contributed by atoms with E-state index in [4.69, 9.17) is 5.11 Å². The summed E-state index contributed by atoms with van der Waals surface area (Å²) in [4.78, 5) is 6.60. The van der Waals surface area contributed by atoms with E-state index in [1.165, 1.54) is 18.9 Å². The first-order chi connectivity index (χ1) is 10.1. The zero-order chi connectivity index (χ0) is 15.2. The highest BCUT2D eigenvalue weighted by atomic mass is 127. The van der Waals surface area contributed by atoms with Gasteiger partial charge in [0.1, 0.15) is 5.82 Å². The van der Waals surface area contributed by atoms with E-state index in [9.17, 15) is 4.39 Å². The lowest BCUT2D eigenvalue weighted by molar-refractivity contribution is 0.266. The maximum absolute atomic E-state index is 13.4. The van der Waals surface area contributed by atoms with Gasteiger partial charge in [-0.3, -0.25) is 4.99 Å². The minimum absolute atomic E-state index is 0. The summed E-state index contributed by atoms with van der Waals surface area (Å²) in [5.74, 6) is 1.20. The van der Waals surface area contributed by atoms with Crippen molar-refractivity contribution in [1.82, 2.24) is 10.2 Å². The molecule has 22 heavy (non-hydrogen) atoms. The monoisotopic (exact) mass is 421 g/mol. The number of halogens is 2. The number of nitrogens with zero attached hydrogens (tertiary/aromatic N) is 2. The number of hydrogen-bond donors (Lipinski definition) is 2. The molecule has 0 aromatic heterocycles. The Balaban J connectivity index is 0.00000242. The van der Waals surface area contributed by atoms with E-state index < -0.39 is 0 Å². The minimum Gasteiger partial charge on any atom is -0.392 e. The molecule has 1 unspecified atom stereocenters. The number of likely N-dealkylation sites (tertiary alicyclic amines) is 1. The molecule has 2 rings (SSSR count). The quantitative estimate of drug-likeness (QED) is 0.449. The molecule has 124 valence electrons. The largest absolute Gasteiger partial charge is 0.392 e. The molecular formula is C16H25FIN3O. The van der Waals surface area contributed by atoms with Gasteiger partial charge < -0.3 is 15.3 Å². The van der Waals surface area contributed by atoms with Crippen molar-refractivity contribution in [1.29, 1.82) is 0 Å². The standard InChI is InChI=1S/C16H24FN3O.HI/c1-12-4-3-7-20(10-12)16(18-2)19-9-13-5-6-15(17)14(8-13)11-21;/h5-6,8,12,21H,3-4,7,9-11H2,1-2H3,(H,18,19);1H. The number of guanidine groups is 1. The van der Waals surface area contributed by atoms with Gasteiger partial charge in [0.25, 0.3) is 0 Å². The number of aliphatic imine (C=N–C) groups is 1. The summed E-state index contributed by atoms with van der Waals surface area (Å²) < 4.78 is 13.4. The number of aliphatic hydroxyl groups is 1. The van der Waals surface area contributed by atoms with Crippen LogP contribution in [0.1, 0.15) is 30.9 Å². The second kappa shape index (κ2) is 9.29. The molecule has 0 spiro atoms. The molecule has 0 bridgehead atoms. The Hall–Kier alpha value is -0.890. The molecule has 0 amide bonds. The SMILES string of the molecule is CN=C(NCc1ccc(F)c(CO)c1)N1CCCC(C)C1.I. The van der Waals surface area contributed by atoms with Crippen molar-refractivity contribution in [3.05, 3.63) is 35.1 Å². The Labute approximate surface area is 148 Å². The van der Waals surface area contributed by atoms with E-state index >= 15 is 0 Å². The van der Waals surface area contributed by atoms with Crippen LogP contribution < -0.4 is 5.32 Å². The van der Waals surface area contributed by atoms with Crippen molar-refractivity contribution >= 4 is 29.9 Å². The first-order valence-corrected chi connectivity index (χ1v) is 7.47. The van der Waals surface area contributed by atoms with E-state index in [1.54, 1.807) is 19.2 Å². The average molecular weight is 421 g/mol. The predicted octanol–water partition coefficient (Wildman–Crippen LogP) is 2.74. The molecule has 6 heteroatoms. The molecule has 1 aromatic rings. The van der Waals surface area contributed by atoms with Crippen molar-refractivity contribution in [3.8, 4) is 0 Å². The highest BCUT2D eigenvalue weighted by molar-refractivity contribution is 14.0. The molecule has 1 aliphatic heterocycles. The summed E-state index contributed by atoms with van der Waals surface area (Å²) in [6.45, 7) is 4.59. The second-order valence-corrected chi connectivity index (χ2v) is 5.68. The predicted molar refractivity (Wildman–Crippen MR) is 97.9 cm³/mol. The van der Waals surface area contributed by atoms with Gasteiger partial charge in [-0.05, 0) is 36.5 Å². The maximum atomic E-state index is 13.4. The van der Waals surface area contributed by atoms with Crippen molar-refractivity contribution in [2.45, 2.75) is 32.9 Å². The van der Waals surface area contributed by atoms with Crippen LogP contribution in [0.25, 0.3) is 0 Å². The van der Waals surface area contributed by atoms with Gasteiger partial charge >= 0.3 is 0 Å². The van der Waals surface area contributed by atoms with Gasteiger partial charge in [-0.2, -0.15) is 0 Å². The van der Waals surface area contributed by atoms with Crippen molar-refractivity contribution in [3.63, 3.8) is 0 Å². The zero-order valence-corrected chi connectivity index (χ0v) is 15.5. The molecule has 0 saturated carbocycles. The van der Waals surface area contributed by atoms with Crippen LogP contribution in [0.15, 0.2) is 23.2 Å². The smallest absolute Gasteiger partial charge is 0.193 e. The maximum Gasteiger partial charge on any atom is 0.193 e. The Bertz CT molecular complexity index is 510. The Kier molecular flexibility index (Phi) is 8.09. The highest BCUT2D eigenvalue weighted by Gasteiger charge is 2.19. The van der Waals surface area contributed by atoms with Crippen LogP contribution in [0, 0.1) is 11.7 Å². The van der Waals surface area contributed by atoms with Crippen LogP contribution in [0.5, 0.6) is 0 Å². The fourth-order valence-corrected chi connectivity index (χ4v) is 2.75. The van der Waals surface area contributed by atoms with E-state index in [-0.39, 0.29) is 36.4 Å². The zero-order valence-electron chi connectivity index (χ0n) is 13.2. The van der Waals surface area contributed by atoms with Gasteiger partial charge in [-0.1, -0.05) is 13.0 Å². The first kappa shape index (κ1) is 19.2. The number of aliphatic hydroxyl groups excluding tert-OH is 1. The Morgan fingerprint density at radius 3 is 2.91 bits per heavy atom. The van der Waals surface area contributed by atoms with Gasteiger partial charge in [-0.25, -0.2) is 4.39 Å². The van der Waals surface area contributed by atoms with Gasteiger partial charge in [0.15, 0.2) is 5.96 Å². The molecule has 1 fully saturated rings. The van der Waals surface area contributed by atoms with E-state index in [2.05, 4.69) is 22.1 Å². The number of rotatable bonds is 3.